The lowest BCUT2D eigenvalue weighted by Crippen LogP contribution is -2.02. The summed E-state index contributed by atoms with van der Waals surface area (Å²) in [5, 5.41) is 0. The first-order valence-corrected chi connectivity index (χ1v) is 15.5. The minimum absolute atomic E-state index is 0.139. The summed E-state index contributed by atoms with van der Waals surface area (Å²) in [7, 11) is -3.79. The van der Waals surface area contributed by atoms with E-state index >= 15 is 0 Å². The van der Waals surface area contributed by atoms with E-state index in [2.05, 4.69) is 11.8 Å². The zero-order valence-electron chi connectivity index (χ0n) is 24.1. The van der Waals surface area contributed by atoms with E-state index in [1.807, 2.05) is 84.9 Å². The van der Waals surface area contributed by atoms with Crippen molar-refractivity contribution in [2.24, 2.45) is 0 Å². The van der Waals surface area contributed by atoms with Gasteiger partial charge in [-0.1, -0.05) is 72.5 Å². The van der Waals surface area contributed by atoms with Gasteiger partial charge in [-0.25, -0.2) is 8.42 Å². The molecule has 0 aromatic heterocycles. The van der Waals surface area contributed by atoms with Gasteiger partial charge in [-0.05, 0) is 107 Å². The van der Waals surface area contributed by atoms with Crippen molar-refractivity contribution in [2.75, 3.05) is 0 Å². The summed E-state index contributed by atoms with van der Waals surface area (Å²) in [6.07, 6.45) is 11.4. The van der Waals surface area contributed by atoms with Gasteiger partial charge >= 0.3 is 0 Å². The fourth-order valence-electron chi connectivity index (χ4n) is 4.86. The molecular formula is C40H26O4S. The third-order valence-electron chi connectivity index (χ3n) is 7.10. The van der Waals surface area contributed by atoms with Crippen molar-refractivity contribution in [3.8, 4) is 69.9 Å². The first kappa shape index (κ1) is 29.1. The van der Waals surface area contributed by atoms with E-state index in [-0.39, 0.29) is 9.79 Å². The highest BCUT2D eigenvalue weighted by molar-refractivity contribution is 7.91. The van der Waals surface area contributed by atoms with Gasteiger partial charge in [0, 0.05) is 11.1 Å². The van der Waals surface area contributed by atoms with Crippen molar-refractivity contribution in [2.45, 2.75) is 9.79 Å². The Hall–Kier alpha value is -6.01. The number of sulfone groups is 1. The van der Waals surface area contributed by atoms with E-state index in [1.165, 1.54) is 24.3 Å². The summed E-state index contributed by atoms with van der Waals surface area (Å²) < 4.78 is 39.0. The zero-order chi connectivity index (χ0) is 31.2. The fraction of sp³-hybridized carbons (Fsp3) is 0. The molecule has 0 radical (unpaired) electrons. The highest BCUT2D eigenvalue weighted by Gasteiger charge is 2.18. The molecule has 0 saturated carbocycles. The predicted molar refractivity (Wildman–Crippen MR) is 178 cm³/mol. The average Bonchev–Trinajstić information content (AvgIpc) is 3.09. The smallest absolute Gasteiger partial charge is 0.206 e. The van der Waals surface area contributed by atoms with Crippen LogP contribution in [-0.4, -0.2) is 8.42 Å². The molecule has 5 heteroatoms. The average molecular weight is 603 g/mol. The SMILES string of the molecule is C#Cc1cc(Oc2ccc(S(=O)(=O)c3ccc(Oc4cc(C#C)cc(-c5ccccc5)c4)cc3)cc2)cc(-c2ccccc2)c1. The highest BCUT2D eigenvalue weighted by atomic mass is 32.2. The molecule has 6 rings (SSSR count). The minimum atomic E-state index is -3.79. The van der Waals surface area contributed by atoms with Crippen molar-refractivity contribution in [3.05, 3.63) is 157 Å². The van der Waals surface area contributed by atoms with Gasteiger partial charge in [0.15, 0.2) is 0 Å². The molecule has 0 aliphatic rings. The van der Waals surface area contributed by atoms with Crippen LogP contribution in [0.3, 0.4) is 0 Å². The lowest BCUT2D eigenvalue weighted by Gasteiger charge is -2.11. The van der Waals surface area contributed by atoms with Crippen molar-refractivity contribution >= 4 is 9.84 Å². The molecule has 6 aromatic rings. The van der Waals surface area contributed by atoms with Gasteiger partial charge in [0.2, 0.25) is 9.84 Å². The van der Waals surface area contributed by atoms with Gasteiger partial charge < -0.3 is 9.47 Å². The second-order valence-electron chi connectivity index (χ2n) is 10.2. The predicted octanol–water partition coefficient (Wildman–Crippen LogP) is 9.40. The zero-order valence-corrected chi connectivity index (χ0v) is 24.9. The van der Waals surface area contributed by atoms with Gasteiger partial charge in [0.25, 0.3) is 0 Å². The van der Waals surface area contributed by atoms with Gasteiger partial charge in [0.1, 0.15) is 23.0 Å². The minimum Gasteiger partial charge on any atom is -0.457 e. The van der Waals surface area contributed by atoms with E-state index in [1.54, 1.807) is 36.4 Å². The molecule has 0 heterocycles. The van der Waals surface area contributed by atoms with E-state index in [0.717, 1.165) is 22.3 Å². The second kappa shape index (κ2) is 12.7. The van der Waals surface area contributed by atoms with Gasteiger partial charge in [-0.15, -0.1) is 12.8 Å². The molecule has 0 unspecified atom stereocenters. The summed E-state index contributed by atoms with van der Waals surface area (Å²) in [5.74, 6) is 7.40. The Morgan fingerprint density at radius 1 is 0.422 bits per heavy atom. The Morgan fingerprint density at radius 2 is 0.800 bits per heavy atom. The summed E-state index contributed by atoms with van der Waals surface area (Å²) >= 11 is 0. The van der Waals surface area contributed by atoms with E-state index < -0.39 is 9.84 Å². The quantitative estimate of drug-likeness (QED) is 0.163. The maximum absolute atomic E-state index is 13.4. The maximum Gasteiger partial charge on any atom is 0.206 e. The van der Waals surface area contributed by atoms with Crippen LogP contribution in [0.4, 0.5) is 0 Å². The van der Waals surface area contributed by atoms with E-state index in [0.29, 0.717) is 34.1 Å². The summed E-state index contributed by atoms with van der Waals surface area (Å²) in [4.78, 5) is 0.278. The molecule has 45 heavy (non-hydrogen) atoms. The molecule has 0 fully saturated rings. The van der Waals surface area contributed by atoms with Gasteiger partial charge in [-0.2, -0.15) is 0 Å². The van der Waals surface area contributed by atoms with E-state index in [9.17, 15) is 8.42 Å². The highest BCUT2D eigenvalue weighted by Crippen LogP contribution is 2.33. The largest absolute Gasteiger partial charge is 0.457 e. The Kier molecular flexibility index (Phi) is 8.20. The molecule has 0 bridgehead atoms. The molecule has 0 atom stereocenters. The third-order valence-corrected chi connectivity index (χ3v) is 8.89. The van der Waals surface area contributed by atoms with Crippen molar-refractivity contribution in [1.29, 1.82) is 0 Å². The summed E-state index contributed by atoms with van der Waals surface area (Å²) in [5.41, 5.74) is 5.23. The second-order valence-corrected chi connectivity index (χ2v) is 12.1. The van der Waals surface area contributed by atoms with Crippen LogP contribution in [0.25, 0.3) is 22.3 Å². The van der Waals surface area contributed by atoms with Gasteiger partial charge in [-0.3, -0.25) is 0 Å². The lowest BCUT2D eigenvalue weighted by atomic mass is 10.0. The number of terminal acetylenes is 2. The monoisotopic (exact) mass is 602 g/mol. The van der Waals surface area contributed by atoms with Crippen LogP contribution >= 0.6 is 0 Å². The first-order chi connectivity index (χ1) is 21.9. The van der Waals surface area contributed by atoms with Crippen molar-refractivity contribution < 1.29 is 17.9 Å². The van der Waals surface area contributed by atoms with Crippen LogP contribution in [0.5, 0.6) is 23.0 Å². The number of hydrogen-bond acceptors (Lipinski definition) is 4. The Balaban J connectivity index is 1.18. The number of rotatable bonds is 8. The molecule has 0 N–H and O–H groups in total. The molecule has 0 saturated heterocycles. The molecule has 0 spiro atoms. The topological polar surface area (TPSA) is 52.6 Å². The lowest BCUT2D eigenvalue weighted by molar-refractivity contribution is 0.482. The van der Waals surface area contributed by atoms with Crippen molar-refractivity contribution in [1.82, 2.24) is 0 Å². The summed E-state index contributed by atoms with van der Waals surface area (Å²) in [6.45, 7) is 0. The standard InChI is InChI=1S/C40H26O4S/c1-3-29-23-33(31-11-7-5-8-12-31)27-37(25-29)43-35-15-19-39(20-16-35)45(41,42)40-21-17-36(18-22-40)44-38-26-30(4-2)24-34(28-38)32-13-9-6-10-14-32/h1-2,5-28H. The van der Waals surface area contributed by atoms with Crippen LogP contribution in [0.2, 0.25) is 0 Å². The van der Waals surface area contributed by atoms with Crippen LogP contribution in [0.1, 0.15) is 11.1 Å². The first-order valence-electron chi connectivity index (χ1n) is 14.1. The number of hydrogen-bond donors (Lipinski definition) is 0. The third kappa shape index (κ3) is 6.65. The molecule has 0 aliphatic heterocycles. The van der Waals surface area contributed by atoms with Crippen LogP contribution < -0.4 is 9.47 Å². The van der Waals surface area contributed by atoms with Crippen LogP contribution in [0.15, 0.2) is 155 Å². The summed E-state index contributed by atoms with van der Waals surface area (Å²) in [6, 6.07) is 43.5. The van der Waals surface area contributed by atoms with E-state index in [4.69, 9.17) is 22.3 Å². The molecule has 4 nitrogen and oxygen atoms in total. The van der Waals surface area contributed by atoms with Crippen LogP contribution in [0, 0.1) is 24.7 Å². The van der Waals surface area contributed by atoms with Crippen LogP contribution in [-0.2, 0) is 9.84 Å². The maximum atomic E-state index is 13.4. The molecular weight excluding hydrogens is 577 g/mol. The Morgan fingerprint density at radius 3 is 1.16 bits per heavy atom. The molecule has 0 amide bonds. The molecule has 6 aromatic carbocycles. The molecule has 216 valence electrons. The van der Waals surface area contributed by atoms with Gasteiger partial charge in [0.05, 0.1) is 9.79 Å². The molecule has 0 aliphatic carbocycles. The Labute approximate surface area is 263 Å². The normalized spacial score (nSPS) is 10.8. The number of ether oxygens (including phenoxy) is 2. The fourth-order valence-corrected chi connectivity index (χ4v) is 6.12. The Bertz CT molecular complexity index is 2000. The van der Waals surface area contributed by atoms with Crippen molar-refractivity contribution in [3.63, 3.8) is 0 Å². The number of benzene rings is 6.